The Balaban J connectivity index is 2.45. The second-order valence-electron chi connectivity index (χ2n) is 3.26. The molecule has 2 heteroatoms. The van der Waals surface area contributed by atoms with E-state index >= 15 is 0 Å². The van der Waals surface area contributed by atoms with Crippen LogP contribution in [0.2, 0.25) is 0 Å². The first kappa shape index (κ1) is 7.43. The van der Waals surface area contributed by atoms with Gasteiger partial charge in [-0.05, 0) is 17.8 Å². The quantitative estimate of drug-likeness (QED) is 0.558. The Hall–Kier alpha value is 0.320. The van der Waals surface area contributed by atoms with Crippen molar-refractivity contribution in [2.24, 2.45) is 11.3 Å². The van der Waals surface area contributed by atoms with Gasteiger partial charge in [0.1, 0.15) is 4.49 Å². The minimum absolute atomic E-state index is 0.408. The molecule has 1 atom stereocenters. The lowest BCUT2D eigenvalue weighted by atomic mass is 10.1. The molecular weight excluding hydrogens is 155 g/mol. The van der Waals surface area contributed by atoms with Crippen LogP contribution >= 0.6 is 23.2 Å². The van der Waals surface area contributed by atoms with Gasteiger partial charge in [-0.3, -0.25) is 0 Å². The second-order valence-corrected chi connectivity index (χ2v) is 4.26. The Morgan fingerprint density at radius 2 is 2.00 bits per heavy atom. The molecule has 0 N–H and O–H groups in total. The predicted molar refractivity (Wildman–Crippen MR) is 41.7 cm³/mol. The smallest absolute Gasteiger partial charge is 0.0712 e. The zero-order valence-electron chi connectivity index (χ0n) is 5.62. The molecule has 9 heavy (non-hydrogen) atoms. The van der Waals surface area contributed by atoms with E-state index in [9.17, 15) is 0 Å². The largest absolute Gasteiger partial charge is 0.103 e. The molecule has 1 rings (SSSR count). The SMILES string of the molecule is CC1(C)CC1C=C(Cl)Cl. The molecule has 0 aromatic rings. The van der Waals surface area contributed by atoms with Crippen LogP contribution in [-0.4, -0.2) is 0 Å². The van der Waals surface area contributed by atoms with Crippen LogP contribution < -0.4 is 0 Å². The molecule has 0 radical (unpaired) electrons. The lowest BCUT2D eigenvalue weighted by Gasteiger charge is -1.94. The molecule has 0 heterocycles. The van der Waals surface area contributed by atoms with Crippen molar-refractivity contribution in [1.29, 1.82) is 0 Å². The molecule has 0 spiro atoms. The summed E-state index contributed by atoms with van der Waals surface area (Å²) in [5.74, 6) is 0.613. The van der Waals surface area contributed by atoms with E-state index in [1.165, 1.54) is 6.42 Å². The van der Waals surface area contributed by atoms with Crippen molar-refractivity contribution in [2.45, 2.75) is 20.3 Å². The summed E-state index contributed by atoms with van der Waals surface area (Å²) in [6.45, 7) is 4.43. The number of rotatable bonds is 1. The summed E-state index contributed by atoms with van der Waals surface area (Å²) in [5, 5.41) is 0. The highest BCUT2D eigenvalue weighted by Crippen LogP contribution is 2.53. The van der Waals surface area contributed by atoms with E-state index in [-0.39, 0.29) is 0 Å². The molecule has 1 fully saturated rings. The van der Waals surface area contributed by atoms with Gasteiger partial charge in [0, 0.05) is 0 Å². The van der Waals surface area contributed by atoms with Gasteiger partial charge < -0.3 is 0 Å². The van der Waals surface area contributed by atoms with Crippen molar-refractivity contribution < 1.29 is 0 Å². The normalized spacial score (nSPS) is 29.6. The molecule has 0 nitrogen and oxygen atoms in total. The van der Waals surface area contributed by atoms with Crippen LogP contribution in [0.3, 0.4) is 0 Å². The minimum Gasteiger partial charge on any atom is -0.0712 e. The number of halogens is 2. The van der Waals surface area contributed by atoms with E-state index < -0.39 is 0 Å². The monoisotopic (exact) mass is 164 g/mol. The van der Waals surface area contributed by atoms with E-state index in [4.69, 9.17) is 23.2 Å². The highest BCUT2D eigenvalue weighted by molar-refractivity contribution is 6.55. The maximum absolute atomic E-state index is 5.47. The molecule has 1 unspecified atom stereocenters. The average molecular weight is 165 g/mol. The molecular formula is C7H10Cl2. The number of allylic oxidation sites excluding steroid dienone is 1. The standard InChI is InChI=1S/C7H10Cl2/c1-7(2)4-5(7)3-6(8)9/h3,5H,4H2,1-2H3. The van der Waals surface area contributed by atoms with Gasteiger partial charge in [-0.2, -0.15) is 0 Å². The van der Waals surface area contributed by atoms with Gasteiger partial charge >= 0.3 is 0 Å². The van der Waals surface area contributed by atoms with Gasteiger partial charge in [0.2, 0.25) is 0 Å². The maximum atomic E-state index is 5.47. The summed E-state index contributed by atoms with van der Waals surface area (Å²) < 4.78 is 0.408. The fourth-order valence-electron chi connectivity index (χ4n) is 0.944. The van der Waals surface area contributed by atoms with Gasteiger partial charge in [0.15, 0.2) is 0 Å². The highest BCUT2D eigenvalue weighted by Gasteiger charge is 2.43. The highest BCUT2D eigenvalue weighted by atomic mass is 35.5. The molecule has 0 amide bonds. The Morgan fingerprint density at radius 3 is 2.11 bits per heavy atom. The molecule has 52 valence electrons. The van der Waals surface area contributed by atoms with E-state index in [1.54, 1.807) is 0 Å². The third-order valence-electron chi connectivity index (χ3n) is 1.92. The van der Waals surface area contributed by atoms with Gasteiger partial charge in [-0.1, -0.05) is 43.1 Å². The van der Waals surface area contributed by atoms with Gasteiger partial charge in [-0.15, -0.1) is 0 Å². The first-order valence-electron chi connectivity index (χ1n) is 3.05. The maximum Gasteiger partial charge on any atom is 0.103 e. The third-order valence-corrected chi connectivity index (χ3v) is 2.17. The lowest BCUT2D eigenvalue weighted by molar-refractivity contribution is 0.610. The van der Waals surface area contributed by atoms with Crippen LogP contribution in [0.25, 0.3) is 0 Å². The fraction of sp³-hybridized carbons (Fsp3) is 0.714. The average Bonchev–Trinajstić information content (AvgIpc) is 2.10. The van der Waals surface area contributed by atoms with Crippen LogP contribution in [0, 0.1) is 11.3 Å². The van der Waals surface area contributed by atoms with Crippen LogP contribution in [0.4, 0.5) is 0 Å². The van der Waals surface area contributed by atoms with Crippen LogP contribution in [0.15, 0.2) is 10.6 Å². The van der Waals surface area contributed by atoms with Crippen LogP contribution in [-0.2, 0) is 0 Å². The molecule has 0 aliphatic heterocycles. The van der Waals surface area contributed by atoms with E-state index in [0.29, 0.717) is 15.8 Å². The van der Waals surface area contributed by atoms with Crippen molar-refractivity contribution in [3.8, 4) is 0 Å². The minimum atomic E-state index is 0.408. The number of hydrogen-bond acceptors (Lipinski definition) is 0. The molecule has 0 aromatic heterocycles. The summed E-state index contributed by atoms with van der Waals surface area (Å²) in [6.07, 6.45) is 3.14. The summed E-state index contributed by atoms with van der Waals surface area (Å²) >= 11 is 10.9. The molecule has 0 bridgehead atoms. The van der Waals surface area contributed by atoms with Gasteiger partial charge in [-0.25, -0.2) is 0 Å². The van der Waals surface area contributed by atoms with E-state index in [0.717, 1.165) is 0 Å². The Labute approximate surface area is 65.8 Å². The Morgan fingerprint density at radius 1 is 1.56 bits per heavy atom. The van der Waals surface area contributed by atoms with Crippen molar-refractivity contribution in [1.82, 2.24) is 0 Å². The molecule has 0 saturated heterocycles. The first-order chi connectivity index (χ1) is 4.02. The van der Waals surface area contributed by atoms with Crippen molar-refractivity contribution in [2.75, 3.05) is 0 Å². The Kier molecular flexibility index (Phi) is 1.79. The predicted octanol–water partition coefficient (Wildman–Crippen LogP) is 3.35. The molecule has 0 aromatic carbocycles. The summed E-state index contributed by atoms with van der Waals surface area (Å²) in [7, 11) is 0. The Bertz CT molecular complexity index is 143. The van der Waals surface area contributed by atoms with Crippen molar-refractivity contribution in [3.63, 3.8) is 0 Å². The summed E-state index contributed by atoms with van der Waals surface area (Å²) in [6, 6.07) is 0. The summed E-state index contributed by atoms with van der Waals surface area (Å²) in [5.41, 5.74) is 0.453. The van der Waals surface area contributed by atoms with Crippen molar-refractivity contribution >= 4 is 23.2 Å². The first-order valence-corrected chi connectivity index (χ1v) is 3.81. The zero-order valence-corrected chi connectivity index (χ0v) is 7.13. The van der Waals surface area contributed by atoms with Crippen molar-refractivity contribution in [3.05, 3.63) is 10.6 Å². The second kappa shape index (κ2) is 2.17. The van der Waals surface area contributed by atoms with Gasteiger partial charge in [0.25, 0.3) is 0 Å². The lowest BCUT2D eigenvalue weighted by Crippen LogP contribution is -1.85. The topological polar surface area (TPSA) is 0 Å². The van der Waals surface area contributed by atoms with E-state index in [1.807, 2.05) is 6.08 Å². The van der Waals surface area contributed by atoms with Gasteiger partial charge in [0.05, 0.1) is 0 Å². The zero-order chi connectivity index (χ0) is 7.07. The van der Waals surface area contributed by atoms with Crippen LogP contribution in [0.1, 0.15) is 20.3 Å². The summed E-state index contributed by atoms with van der Waals surface area (Å²) in [4.78, 5) is 0. The molecule has 1 aliphatic carbocycles. The van der Waals surface area contributed by atoms with E-state index in [2.05, 4.69) is 13.8 Å². The fourth-order valence-corrected chi connectivity index (χ4v) is 1.25. The molecule has 1 aliphatic rings. The molecule has 1 saturated carbocycles. The number of hydrogen-bond donors (Lipinski definition) is 0. The van der Waals surface area contributed by atoms with Crippen LogP contribution in [0.5, 0.6) is 0 Å². The third kappa shape index (κ3) is 1.87.